The maximum Gasteiger partial charge on any atom is 0.0976 e. The molecule has 2 nitrogen and oxygen atoms in total. The Morgan fingerprint density at radius 2 is 0.977 bits per heavy atom. The number of benzene rings is 6. The summed E-state index contributed by atoms with van der Waals surface area (Å²) in [5.41, 5.74) is 13.1. The van der Waals surface area contributed by atoms with Gasteiger partial charge in [-0.1, -0.05) is 151 Å². The molecule has 3 heteroatoms. The minimum Gasteiger partial charge on any atom is -0.252 e. The molecule has 0 N–H and O–H groups in total. The van der Waals surface area contributed by atoms with E-state index in [4.69, 9.17) is 9.97 Å². The van der Waals surface area contributed by atoms with E-state index < -0.39 is 5.41 Å². The third-order valence-electron chi connectivity index (χ3n) is 9.01. The van der Waals surface area contributed by atoms with Crippen LogP contribution in [-0.2, 0) is 5.41 Å². The number of aromatic nitrogens is 2. The summed E-state index contributed by atoms with van der Waals surface area (Å²) in [7, 11) is 0. The molecule has 206 valence electrons. The van der Waals surface area contributed by atoms with Gasteiger partial charge < -0.3 is 0 Å². The van der Waals surface area contributed by atoms with Crippen molar-refractivity contribution in [3.63, 3.8) is 0 Å². The summed E-state index contributed by atoms with van der Waals surface area (Å²) in [6.45, 7) is 0. The molecule has 0 radical (unpaired) electrons. The molecule has 0 atom stereocenters. The fraction of sp³-hybridized carbons (Fsp3) is 0.0244. The summed E-state index contributed by atoms with van der Waals surface area (Å²) in [5, 5.41) is 0. The minimum atomic E-state index is -0.501. The van der Waals surface area contributed by atoms with E-state index in [-0.39, 0.29) is 0 Å². The van der Waals surface area contributed by atoms with Crippen molar-refractivity contribution in [1.82, 2.24) is 9.97 Å². The number of rotatable bonds is 3. The van der Waals surface area contributed by atoms with E-state index in [2.05, 4.69) is 140 Å². The first kappa shape index (κ1) is 25.3. The molecule has 9 rings (SSSR count). The first-order valence-electron chi connectivity index (χ1n) is 14.9. The molecule has 7 aromatic rings. The van der Waals surface area contributed by atoms with Crippen molar-refractivity contribution in [2.45, 2.75) is 15.2 Å². The highest BCUT2D eigenvalue weighted by Gasteiger charge is 2.51. The normalized spacial score (nSPS) is 13.5. The molecule has 0 fully saturated rings. The van der Waals surface area contributed by atoms with Crippen molar-refractivity contribution < 1.29 is 0 Å². The zero-order valence-electron chi connectivity index (χ0n) is 23.8. The third kappa shape index (κ3) is 3.57. The second kappa shape index (κ2) is 9.90. The third-order valence-corrected chi connectivity index (χ3v) is 10.2. The monoisotopic (exact) mass is 578 g/mol. The van der Waals surface area contributed by atoms with Crippen LogP contribution in [0.4, 0.5) is 0 Å². The molecule has 44 heavy (non-hydrogen) atoms. The highest BCUT2D eigenvalue weighted by Crippen LogP contribution is 2.63. The van der Waals surface area contributed by atoms with Crippen LogP contribution in [0.5, 0.6) is 0 Å². The van der Waals surface area contributed by atoms with Crippen LogP contribution in [0.2, 0.25) is 0 Å². The van der Waals surface area contributed by atoms with Crippen molar-refractivity contribution in [2.75, 3.05) is 0 Å². The van der Waals surface area contributed by atoms with Crippen molar-refractivity contribution in [1.29, 1.82) is 0 Å². The van der Waals surface area contributed by atoms with Crippen LogP contribution >= 0.6 is 11.8 Å². The van der Waals surface area contributed by atoms with Gasteiger partial charge in [0.2, 0.25) is 0 Å². The lowest BCUT2D eigenvalue weighted by atomic mass is 9.66. The van der Waals surface area contributed by atoms with Crippen LogP contribution in [0.25, 0.3) is 44.9 Å². The molecular weight excluding hydrogens is 553 g/mol. The topological polar surface area (TPSA) is 25.8 Å². The Kier molecular flexibility index (Phi) is 5.69. The van der Waals surface area contributed by atoms with Crippen LogP contribution < -0.4 is 0 Å². The Bertz CT molecular complexity index is 2160. The summed E-state index contributed by atoms with van der Waals surface area (Å²) in [6.07, 6.45) is 1.91. The Balaban J connectivity index is 1.44. The van der Waals surface area contributed by atoms with Crippen LogP contribution in [0.3, 0.4) is 0 Å². The second-order valence-electron chi connectivity index (χ2n) is 11.3. The Morgan fingerprint density at radius 1 is 0.432 bits per heavy atom. The Hall–Kier alpha value is -5.25. The lowest BCUT2D eigenvalue weighted by Gasteiger charge is -2.40. The van der Waals surface area contributed by atoms with E-state index >= 15 is 0 Å². The predicted octanol–water partition coefficient (Wildman–Crippen LogP) is 10.3. The van der Waals surface area contributed by atoms with E-state index in [1.807, 2.05) is 30.1 Å². The van der Waals surface area contributed by atoms with Crippen LogP contribution in [0, 0.1) is 0 Å². The summed E-state index contributed by atoms with van der Waals surface area (Å²) in [5.74, 6) is 0. The second-order valence-corrected chi connectivity index (χ2v) is 12.4. The summed E-state index contributed by atoms with van der Waals surface area (Å²) in [4.78, 5) is 13.2. The van der Waals surface area contributed by atoms with Gasteiger partial charge in [0, 0.05) is 26.5 Å². The molecule has 0 saturated heterocycles. The molecule has 0 saturated carbocycles. The first-order valence-corrected chi connectivity index (χ1v) is 15.7. The molecule has 2 heterocycles. The van der Waals surface area contributed by atoms with Gasteiger partial charge in [-0.3, -0.25) is 4.98 Å². The molecule has 2 aliphatic rings. The molecule has 1 aromatic heterocycles. The van der Waals surface area contributed by atoms with Crippen LogP contribution in [0.15, 0.2) is 168 Å². The quantitative estimate of drug-likeness (QED) is 0.209. The molecule has 1 aliphatic heterocycles. The SMILES string of the molecule is c1ccc(-c2cnc(-c3ccccc3)c(-c3cccc4c3C3(c5ccccc5Sc5ccccc53)c3ccccc3-4)n2)cc1. The molecular formula is C41H26N2S. The molecule has 0 bridgehead atoms. The first-order chi connectivity index (χ1) is 21.8. The molecule has 1 spiro atoms. The van der Waals surface area contributed by atoms with Gasteiger partial charge in [0.1, 0.15) is 0 Å². The van der Waals surface area contributed by atoms with Gasteiger partial charge in [-0.2, -0.15) is 0 Å². The molecule has 0 unspecified atom stereocenters. The van der Waals surface area contributed by atoms with Gasteiger partial charge in [-0.15, -0.1) is 0 Å². The fourth-order valence-electron chi connectivity index (χ4n) is 7.24. The number of hydrogen-bond donors (Lipinski definition) is 0. The average molecular weight is 579 g/mol. The van der Waals surface area contributed by atoms with Crippen molar-refractivity contribution in [2.24, 2.45) is 0 Å². The smallest absolute Gasteiger partial charge is 0.0976 e. The zero-order valence-corrected chi connectivity index (χ0v) is 24.6. The van der Waals surface area contributed by atoms with Gasteiger partial charge in [-0.05, 0) is 45.5 Å². The maximum atomic E-state index is 5.45. The average Bonchev–Trinajstić information content (AvgIpc) is 3.40. The number of nitrogens with zero attached hydrogens (tertiary/aromatic N) is 2. The highest BCUT2D eigenvalue weighted by atomic mass is 32.2. The summed E-state index contributed by atoms with van der Waals surface area (Å²) >= 11 is 1.87. The Labute approximate surface area is 261 Å². The largest absolute Gasteiger partial charge is 0.252 e. The van der Waals surface area contributed by atoms with Gasteiger partial charge >= 0.3 is 0 Å². The molecule has 0 amide bonds. The summed E-state index contributed by atoms with van der Waals surface area (Å²) in [6, 6.07) is 54.4. The van der Waals surface area contributed by atoms with Crippen molar-refractivity contribution in [3.05, 3.63) is 180 Å². The molecule has 6 aromatic carbocycles. The van der Waals surface area contributed by atoms with Crippen LogP contribution in [0.1, 0.15) is 22.3 Å². The Morgan fingerprint density at radius 3 is 1.68 bits per heavy atom. The van der Waals surface area contributed by atoms with Gasteiger partial charge in [0.05, 0.1) is 28.7 Å². The predicted molar refractivity (Wildman–Crippen MR) is 180 cm³/mol. The standard InChI is InChI=1S/C41H26N2S/c1-3-14-27(15-4-1)35-26-42-39(28-16-5-2-6-17-28)40(43-35)31-20-13-19-30-29-18-7-8-21-32(29)41(38(30)31)33-22-9-11-24-36(33)44-37-25-12-10-23-34(37)41/h1-26H. The lowest BCUT2D eigenvalue weighted by Crippen LogP contribution is -2.32. The zero-order chi connectivity index (χ0) is 29.1. The van der Waals surface area contributed by atoms with Crippen LogP contribution in [-0.4, -0.2) is 9.97 Å². The lowest BCUT2D eigenvalue weighted by molar-refractivity contribution is 0.723. The summed E-state index contributed by atoms with van der Waals surface area (Å²) < 4.78 is 0. The minimum absolute atomic E-state index is 0.501. The van der Waals surface area contributed by atoms with E-state index in [9.17, 15) is 0 Å². The number of fused-ring (bicyclic) bond motifs is 9. The van der Waals surface area contributed by atoms with E-state index in [1.54, 1.807) is 0 Å². The van der Waals surface area contributed by atoms with Gasteiger partial charge in [0.25, 0.3) is 0 Å². The highest BCUT2D eigenvalue weighted by molar-refractivity contribution is 7.99. The fourth-order valence-corrected chi connectivity index (χ4v) is 8.44. The van der Waals surface area contributed by atoms with Gasteiger partial charge in [0.15, 0.2) is 0 Å². The van der Waals surface area contributed by atoms with E-state index in [1.165, 1.54) is 43.2 Å². The van der Waals surface area contributed by atoms with E-state index in [0.717, 1.165) is 33.8 Å². The van der Waals surface area contributed by atoms with E-state index in [0.29, 0.717) is 0 Å². The number of hydrogen-bond acceptors (Lipinski definition) is 3. The van der Waals surface area contributed by atoms with Crippen molar-refractivity contribution >= 4 is 11.8 Å². The maximum absolute atomic E-state index is 5.45. The van der Waals surface area contributed by atoms with Gasteiger partial charge in [-0.25, -0.2) is 4.98 Å². The molecule has 1 aliphatic carbocycles. The van der Waals surface area contributed by atoms with Crippen molar-refractivity contribution in [3.8, 4) is 44.9 Å².